The maximum Gasteiger partial charge on any atom is 0.406 e. The van der Waals surface area contributed by atoms with E-state index in [1.165, 1.54) is 14.0 Å². The summed E-state index contributed by atoms with van der Waals surface area (Å²) >= 11 is 0. The Morgan fingerprint density at radius 1 is 1.17 bits per heavy atom. The Hall–Kier alpha value is -1.63. The molecule has 0 bridgehead atoms. The average molecular weight is 261 g/mol. The Kier molecular flexibility index (Phi) is 8.55. The second-order valence-electron chi connectivity index (χ2n) is 3.52. The lowest BCUT2D eigenvalue weighted by Gasteiger charge is -2.17. The Bertz CT molecular complexity index is 271. The summed E-state index contributed by atoms with van der Waals surface area (Å²) in [5.41, 5.74) is 0. The molecule has 0 aliphatic carbocycles. The van der Waals surface area contributed by atoms with Crippen molar-refractivity contribution in [1.82, 2.24) is 5.32 Å². The number of rotatable bonds is 8. The van der Waals surface area contributed by atoms with Crippen LogP contribution < -0.4 is 5.32 Å². The Morgan fingerprint density at radius 2 is 1.78 bits per heavy atom. The van der Waals surface area contributed by atoms with E-state index < -0.39 is 12.2 Å². The number of esters is 1. The summed E-state index contributed by atoms with van der Waals surface area (Å²) in [6, 6.07) is 0. The molecule has 0 aromatic carbocycles. The van der Waals surface area contributed by atoms with Crippen LogP contribution in [0.25, 0.3) is 0 Å². The summed E-state index contributed by atoms with van der Waals surface area (Å²) in [6.45, 7) is 2.76. The number of hydrogen-bond donors (Lipinski definition) is 1. The maximum atomic E-state index is 11.0. The van der Waals surface area contributed by atoms with Gasteiger partial charge in [-0.3, -0.25) is 9.59 Å². The summed E-state index contributed by atoms with van der Waals surface area (Å²) in [7, 11) is 1.42. The normalized spacial score (nSPS) is 11.5. The summed E-state index contributed by atoms with van der Waals surface area (Å²) in [5, 5.41) is 2.27. The lowest BCUT2D eigenvalue weighted by molar-refractivity contribution is -0.149. The van der Waals surface area contributed by atoms with Crippen molar-refractivity contribution in [3.63, 3.8) is 0 Å². The van der Waals surface area contributed by atoms with Crippen molar-refractivity contribution in [2.75, 3.05) is 26.9 Å². The van der Waals surface area contributed by atoms with Crippen LogP contribution in [0.15, 0.2) is 0 Å². The van der Waals surface area contributed by atoms with E-state index in [9.17, 15) is 14.4 Å². The molecule has 0 aromatic heterocycles. The fourth-order valence-electron chi connectivity index (χ4n) is 0.908. The quantitative estimate of drug-likeness (QED) is 0.631. The van der Waals surface area contributed by atoms with Crippen LogP contribution in [0.5, 0.6) is 0 Å². The minimum absolute atomic E-state index is 0.0586. The van der Waals surface area contributed by atoms with Gasteiger partial charge in [0.25, 0.3) is 0 Å². The van der Waals surface area contributed by atoms with Gasteiger partial charge >= 0.3 is 12.1 Å². The molecule has 7 heteroatoms. The second-order valence-corrected chi connectivity index (χ2v) is 3.52. The van der Waals surface area contributed by atoms with Crippen LogP contribution in [-0.2, 0) is 23.8 Å². The van der Waals surface area contributed by atoms with E-state index in [2.05, 4.69) is 5.32 Å². The van der Waals surface area contributed by atoms with Gasteiger partial charge < -0.3 is 19.5 Å². The number of carbonyl (C=O) groups is 3. The molecule has 0 spiro atoms. The first-order valence-electron chi connectivity index (χ1n) is 5.60. The zero-order valence-corrected chi connectivity index (χ0v) is 10.9. The largest absolute Gasteiger partial charge is 0.463 e. The minimum atomic E-state index is -0.651. The third kappa shape index (κ3) is 8.51. The van der Waals surface area contributed by atoms with Crippen molar-refractivity contribution in [2.24, 2.45) is 0 Å². The molecule has 0 aliphatic heterocycles. The van der Waals surface area contributed by atoms with Crippen LogP contribution in [0.2, 0.25) is 0 Å². The second kappa shape index (κ2) is 9.41. The number of carbonyl (C=O) groups excluding carboxylic acids is 3. The predicted octanol–water partition coefficient (Wildman–Crippen LogP) is 0.270. The van der Waals surface area contributed by atoms with Gasteiger partial charge in [0.1, 0.15) is 25.9 Å². The summed E-state index contributed by atoms with van der Waals surface area (Å²) in [5.74, 6) is -0.548. The average Bonchev–Trinajstić information content (AvgIpc) is 2.36. The number of ether oxygens (including phenoxy) is 3. The molecule has 0 aromatic rings. The van der Waals surface area contributed by atoms with Gasteiger partial charge in [-0.1, -0.05) is 6.92 Å². The summed E-state index contributed by atoms with van der Waals surface area (Å²) < 4.78 is 14.8. The Balaban J connectivity index is 4.10. The molecule has 1 unspecified atom stereocenters. The highest BCUT2D eigenvalue weighted by Crippen LogP contribution is 1.98. The maximum absolute atomic E-state index is 11.0. The molecule has 0 saturated carbocycles. The van der Waals surface area contributed by atoms with Crippen LogP contribution in [0.3, 0.4) is 0 Å². The van der Waals surface area contributed by atoms with E-state index >= 15 is 0 Å². The molecule has 104 valence electrons. The molecule has 1 amide bonds. The van der Waals surface area contributed by atoms with E-state index in [1.54, 1.807) is 6.92 Å². The van der Waals surface area contributed by atoms with Crippen LogP contribution in [0.1, 0.15) is 20.3 Å². The standard InChI is InChI=1S/C11H19NO6/c1-4-10(14)17-6-9(16-5-8(2)13)7-18-11(15)12-3/h9H,4-7H2,1-3H3,(H,12,15). The van der Waals surface area contributed by atoms with Crippen molar-refractivity contribution in [2.45, 2.75) is 26.4 Å². The first-order chi connectivity index (χ1) is 8.49. The lowest BCUT2D eigenvalue weighted by Crippen LogP contribution is -2.32. The van der Waals surface area contributed by atoms with Gasteiger partial charge in [0.05, 0.1) is 0 Å². The molecule has 18 heavy (non-hydrogen) atoms. The molecule has 0 heterocycles. The van der Waals surface area contributed by atoms with Crippen molar-refractivity contribution in [3.8, 4) is 0 Å². The van der Waals surface area contributed by atoms with Crippen molar-refractivity contribution >= 4 is 17.8 Å². The summed E-state index contributed by atoms with van der Waals surface area (Å²) in [6.07, 6.45) is -1.02. The Morgan fingerprint density at radius 3 is 2.28 bits per heavy atom. The van der Waals surface area contributed by atoms with Crippen LogP contribution >= 0.6 is 0 Å². The third-order valence-electron chi connectivity index (χ3n) is 1.85. The van der Waals surface area contributed by atoms with Crippen LogP contribution in [0, 0.1) is 0 Å². The Labute approximate surface area is 106 Å². The number of ketones is 1. The van der Waals surface area contributed by atoms with Gasteiger partial charge in [-0.2, -0.15) is 0 Å². The molecule has 0 rings (SSSR count). The first kappa shape index (κ1) is 16.4. The van der Waals surface area contributed by atoms with Gasteiger partial charge in [0.2, 0.25) is 0 Å². The van der Waals surface area contributed by atoms with Crippen LogP contribution in [0.4, 0.5) is 4.79 Å². The van der Waals surface area contributed by atoms with Crippen LogP contribution in [-0.4, -0.2) is 50.8 Å². The third-order valence-corrected chi connectivity index (χ3v) is 1.85. The van der Waals surface area contributed by atoms with Crippen molar-refractivity contribution in [3.05, 3.63) is 0 Å². The molecule has 0 aliphatic rings. The zero-order valence-electron chi connectivity index (χ0n) is 10.9. The number of amides is 1. The minimum Gasteiger partial charge on any atom is -0.463 e. The topological polar surface area (TPSA) is 90.9 Å². The fraction of sp³-hybridized carbons (Fsp3) is 0.727. The number of nitrogens with one attached hydrogen (secondary N) is 1. The highest BCUT2D eigenvalue weighted by Gasteiger charge is 2.15. The molecule has 1 atom stereocenters. The molecule has 7 nitrogen and oxygen atoms in total. The van der Waals surface area contributed by atoms with E-state index in [1.807, 2.05) is 0 Å². The molecular formula is C11H19NO6. The molecule has 0 fully saturated rings. The van der Waals surface area contributed by atoms with Gasteiger partial charge in [-0.25, -0.2) is 4.79 Å². The lowest BCUT2D eigenvalue weighted by atomic mass is 10.4. The number of Topliss-reactive ketones (excluding diaryl/α,β-unsaturated/α-hetero) is 1. The molecule has 1 N–H and O–H groups in total. The molecule has 0 radical (unpaired) electrons. The van der Waals surface area contributed by atoms with Gasteiger partial charge in [-0.15, -0.1) is 0 Å². The smallest absolute Gasteiger partial charge is 0.406 e. The van der Waals surface area contributed by atoms with Gasteiger partial charge in [-0.05, 0) is 6.92 Å². The highest BCUT2D eigenvalue weighted by atomic mass is 16.6. The van der Waals surface area contributed by atoms with Gasteiger partial charge in [0.15, 0.2) is 5.78 Å². The van der Waals surface area contributed by atoms with E-state index in [0.717, 1.165) is 0 Å². The van der Waals surface area contributed by atoms with E-state index in [0.29, 0.717) is 0 Å². The monoisotopic (exact) mass is 261 g/mol. The highest BCUT2D eigenvalue weighted by molar-refractivity contribution is 5.76. The van der Waals surface area contributed by atoms with Crippen molar-refractivity contribution in [1.29, 1.82) is 0 Å². The fourth-order valence-corrected chi connectivity index (χ4v) is 0.908. The molecule has 0 saturated heterocycles. The zero-order chi connectivity index (χ0) is 14.0. The summed E-state index contributed by atoms with van der Waals surface area (Å²) in [4.78, 5) is 32.7. The number of alkyl carbamates (subject to hydrolysis) is 1. The van der Waals surface area contributed by atoms with Gasteiger partial charge in [0, 0.05) is 13.5 Å². The van der Waals surface area contributed by atoms with E-state index in [4.69, 9.17) is 14.2 Å². The predicted molar refractivity (Wildman–Crippen MR) is 62.1 cm³/mol. The van der Waals surface area contributed by atoms with E-state index in [-0.39, 0.29) is 38.0 Å². The molecular weight excluding hydrogens is 242 g/mol. The van der Waals surface area contributed by atoms with Crippen molar-refractivity contribution < 1.29 is 28.6 Å². The first-order valence-corrected chi connectivity index (χ1v) is 5.60. The SMILES string of the molecule is CCC(=O)OCC(COC(=O)NC)OCC(C)=O. The number of hydrogen-bond acceptors (Lipinski definition) is 6.